The summed E-state index contributed by atoms with van der Waals surface area (Å²) in [6.45, 7) is 1.81. The highest BCUT2D eigenvalue weighted by Crippen LogP contribution is 2.32. The zero-order chi connectivity index (χ0) is 14.7. The summed E-state index contributed by atoms with van der Waals surface area (Å²) in [4.78, 5) is 16.0. The Kier molecular flexibility index (Phi) is 4.91. The van der Waals surface area contributed by atoms with Crippen LogP contribution in [-0.4, -0.2) is 16.1 Å². The summed E-state index contributed by atoms with van der Waals surface area (Å²) < 4.78 is 0. The second-order valence-electron chi connectivity index (χ2n) is 4.10. The number of hydrogen-bond acceptors (Lipinski definition) is 3. The van der Waals surface area contributed by atoms with Gasteiger partial charge in [0.25, 0.3) is 0 Å². The Morgan fingerprint density at radius 2 is 2.05 bits per heavy atom. The average Bonchev–Trinajstić information content (AvgIpc) is 2.37. The molecule has 0 aliphatic carbocycles. The molecule has 0 saturated carbocycles. The number of carbonyl (C=O) groups is 1. The van der Waals surface area contributed by atoms with E-state index in [1.54, 1.807) is 30.3 Å². The maximum Gasteiger partial charge on any atom is 0.336 e. The van der Waals surface area contributed by atoms with Gasteiger partial charge < -0.3 is 5.11 Å². The summed E-state index contributed by atoms with van der Waals surface area (Å²) in [6.07, 6.45) is 0. The molecule has 0 bridgehead atoms. The molecule has 0 amide bonds. The van der Waals surface area contributed by atoms with Gasteiger partial charge in [-0.05, 0) is 25.1 Å². The normalized spacial score (nSPS) is 10.6. The molecule has 104 valence electrons. The number of aryl methyl sites for hydroxylation is 1. The fourth-order valence-electron chi connectivity index (χ4n) is 1.67. The lowest BCUT2D eigenvalue weighted by Gasteiger charge is -2.09. The number of nitrogens with zero attached hydrogens (tertiary/aromatic N) is 1. The minimum atomic E-state index is -0.952. The molecule has 2 rings (SSSR count). The third kappa shape index (κ3) is 3.45. The van der Waals surface area contributed by atoms with Crippen molar-refractivity contribution in [3.63, 3.8) is 0 Å². The van der Waals surface area contributed by atoms with E-state index in [9.17, 15) is 4.79 Å². The van der Waals surface area contributed by atoms with Crippen LogP contribution < -0.4 is 0 Å². The molecule has 20 heavy (non-hydrogen) atoms. The monoisotopic (exact) mass is 327 g/mol. The molecule has 2 aromatic rings. The van der Waals surface area contributed by atoms with Gasteiger partial charge in [-0.1, -0.05) is 35.3 Å². The van der Waals surface area contributed by atoms with Crippen LogP contribution in [0.25, 0.3) is 0 Å². The van der Waals surface area contributed by atoms with E-state index in [1.165, 1.54) is 11.8 Å². The first-order chi connectivity index (χ1) is 9.49. The quantitative estimate of drug-likeness (QED) is 0.653. The Labute approximate surface area is 130 Å². The van der Waals surface area contributed by atoms with Crippen LogP contribution in [0, 0.1) is 6.92 Å². The molecule has 0 fully saturated rings. The highest BCUT2D eigenvalue weighted by Gasteiger charge is 2.13. The molecule has 0 radical (unpaired) electrons. The zero-order valence-corrected chi connectivity index (χ0v) is 12.9. The summed E-state index contributed by atoms with van der Waals surface area (Å²) in [5, 5.41) is 10.0. The van der Waals surface area contributed by atoms with E-state index in [0.717, 1.165) is 5.69 Å². The van der Waals surface area contributed by atoms with Gasteiger partial charge in [0.1, 0.15) is 5.15 Å². The van der Waals surface area contributed by atoms with E-state index in [1.807, 2.05) is 6.92 Å². The van der Waals surface area contributed by atoms with Crippen molar-refractivity contribution in [2.45, 2.75) is 17.6 Å². The number of pyridine rings is 1. The van der Waals surface area contributed by atoms with Crippen LogP contribution in [0.5, 0.6) is 0 Å². The highest BCUT2D eigenvalue weighted by molar-refractivity contribution is 7.98. The standard InChI is InChI=1S/C14H11Cl2NO2S/c1-8-6-11(15)10(13(16)17-8)7-20-12-5-3-2-4-9(12)14(18)19/h2-6H,7H2,1H3,(H,18,19). The van der Waals surface area contributed by atoms with Gasteiger partial charge in [-0.3, -0.25) is 0 Å². The number of aromatic nitrogens is 1. The van der Waals surface area contributed by atoms with E-state index in [0.29, 0.717) is 26.4 Å². The second-order valence-corrected chi connectivity index (χ2v) is 5.89. The lowest BCUT2D eigenvalue weighted by atomic mass is 10.2. The molecule has 6 heteroatoms. The number of thioether (sulfide) groups is 1. The average molecular weight is 328 g/mol. The highest BCUT2D eigenvalue weighted by atomic mass is 35.5. The number of carboxylic acids is 1. The molecular weight excluding hydrogens is 317 g/mol. The Morgan fingerprint density at radius 3 is 2.70 bits per heavy atom. The Bertz CT molecular complexity index is 638. The van der Waals surface area contributed by atoms with E-state index in [2.05, 4.69) is 4.98 Å². The molecule has 0 saturated heterocycles. The van der Waals surface area contributed by atoms with Crippen LogP contribution in [0.4, 0.5) is 0 Å². The third-order valence-corrected chi connectivity index (χ3v) is 4.39. The lowest BCUT2D eigenvalue weighted by Crippen LogP contribution is -1.98. The maximum atomic E-state index is 11.1. The summed E-state index contributed by atoms with van der Waals surface area (Å²) in [5.41, 5.74) is 1.73. The van der Waals surface area contributed by atoms with Crippen molar-refractivity contribution in [2.24, 2.45) is 0 Å². The van der Waals surface area contributed by atoms with Crippen molar-refractivity contribution < 1.29 is 9.90 Å². The van der Waals surface area contributed by atoms with Gasteiger partial charge in [0, 0.05) is 26.9 Å². The van der Waals surface area contributed by atoms with Gasteiger partial charge in [0.15, 0.2) is 0 Å². The van der Waals surface area contributed by atoms with Gasteiger partial charge >= 0.3 is 5.97 Å². The van der Waals surface area contributed by atoms with E-state index in [-0.39, 0.29) is 5.56 Å². The molecule has 0 spiro atoms. The Morgan fingerprint density at radius 1 is 1.35 bits per heavy atom. The van der Waals surface area contributed by atoms with Crippen molar-refractivity contribution >= 4 is 40.9 Å². The first-order valence-corrected chi connectivity index (χ1v) is 7.50. The minimum Gasteiger partial charge on any atom is -0.478 e. The molecule has 0 aliphatic heterocycles. The summed E-state index contributed by atoms with van der Waals surface area (Å²) in [5.74, 6) is -0.484. The number of aromatic carboxylic acids is 1. The van der Waals surface area contributed by atoms with E-state index < -0.39 is 5.97 Å². The van der Waals surface area contributed by atoms with E-state index in [4.69, 9.17) is 28.3 Å². The van der Waals surface area contributed by atoms with Crippen LogP contribution in [0.1, 0.15) is 21.6 Å². The molecule has 0 atom stereocenters. The first kappa shape index (κ1) is 15.2. The first-order valence-electron chi connectivity index (χ1n) is 5.75. The van der Waals surface area contributed by atoms with Crippen molar-refractivity contribution in [1.29, 1.82) is 0 Å². The Hall–Kier alpha value is -1.23. The largest absolute Gasteiger partial charge is 0.478 e. The molecule has 0 aliphatic rings. The van der Waals surface area contributed by atoms with Crippen LogP contribution >= 0.6 is 35.0 Å². The molecule has 3 nitrogen and oxygen atoms in total. The van der Waals surface area contributed by atoms with Gasteiger partial charge in [0.2, 0.25) is 0 Å². The molecule has 1 heterocycles. The van der Waals surface area contributed by atoms with E-state index >= 15 is 0 Å². The van der Waals surface area contributed by atoms with Crippen molar-refractivity contribution in [1.82, 2.24) is 4.98 Å². The van der Waals surface area contributed by atoms with Crippen LogP contribution in [-0.2, 0) is 5.75 Å². The SMILES string of the molecule is Cc1cc(Cl)c(CSc2ccccc2C(=O)O)c(Cl)n1. The lowest BCUT2D eigenvalue weighted by molar-refractivity contribution is 0.0693. The summed E-state index contributed by atoms with van der Waals surface area (Å²) in [7, 11) is 0. The molecule has 0 unspecified atom stereocenters. The predicted octanol–water partition coefficient (Wildman–Crippen LogP) is 4.69. The summed E-state index contributed by atoms with van der Waals surface area (Å²) in [6, 6.07) is 8.57. The van der Waals surface area contributed by atoms with Crippen LogP contribution in [0.3, 0.4) is 0 Å². The Balaban J connectivity index is 2.24. The van der Waals surface area contributed by atoms with Gasteiger partial charge in [-0.25, -0.2) is 9.78 Å². The molecular formula is C14H11Cl2NO2S. The zero-order valence-electron chi connectivity index (χ0n) is 10.6. The van der Waals surface area contributed by atoms with Crippen LogP contribution in [0.2, 0.25) is 10.2 Å². The number of halogens is 2. The third-order valence-electron chi connectivity index (χ3n) is 2.64. The number of carboxylic acid groups (broad SMARTS) is 1. The fraction of sp³-hybridized carbons (Fsp3) is 0.143. The minimum absolute atomic E-state index is 0.268. The van der Waals surface area contributed by atoms with Gasteiger partial charge in [-0.2, -0.15) is 0 Å². The fourth-order valence-corrected chi connectivity index (χ4v) is 3.57. The van der Waals surface area contributed by atoms with Crippen molar-refractivity contribution in [2.75, 3.05) is 0 Å². The van der Waals surface area contributed by atoms with Gasteiger partial charge in [-0.15, -0.1) is 11.8 Å². The topological polar surface area (TPSA) is 50.2 Å². The molecule has 1 N–H and O–H groups in total. The maximum absolute atomic E-state index is 11.1. The molecule has 1 aromatic heterocycles. The van der Waals surface area contributed by atoms with Crippen molar-refractivity contribution in [3.8, 4) is 0 Å². The number of rotatable bonds is 4. The smallest absolute Gasteiger partial charge is 0.336 e. The second kappa shape index (κ2) is 6.48. The molecule has 1 aromatic carbocycles. The van der Waals surface area contributed by atoms with Crippen molar-refractivity contribution in [3.05, 3.63) is 57.3 Å². The summed E-state index contributed by atoms with van der Waals surface area (Å²) >= 11 is 13.6. The number of hydrogen-bond donors (Lipinski definition) is 1. The predicted molar refractivity (Wildman–Crippen MR) is 82.0 cm³/mol. The van der Waals surface area contributed by atoms with Gasteiger partial charge in [0.05, 0.1) is 5.56 Å². The van der Waals surface area contributed by atoms with Crippen LogP contribution in [0.15, 0.2) is 35.2 Å². The number of benzene rings is 1.